The fraction of sp³-hybridized carbons (Fsp3) is 0.211. The van der Waals surface area contributed by atoms with Gasteiger partial charge in [-0.3, -0.25) is 4.79 Å². The molecule has 0 aromatic heterocycles. The third-order valence-corrected chi connectivity index (χ3v) is 7.24. The van der Waals surface area contributed by atoms with E-state index < -0.39 is 37.6 Å². The molecule has 0 bridgehead atoms. The fourth-order valence-electron chi connectivity index (χ4n) is 3.19. The molecule has 2 N–H and O–H groups in total. The number of benzene rings is 2. The van der Waals surface area contributed by atoms with Crippen LogP contribution >= 0.6 is 0 Å². The molecule has 8 nitrogen and oxygen atoms in total. The van der Waals surface area contributed by atoms with Crippen LogP contribution in [0.25, 0.3) is 0 Å². The third-order valence-electron chi connectivity index (χ3n) is 5.37. The van der Waals surface area contributed by atoms with E-state index in [1.165, 1.54) is 37.8 Å². The minimum absolute atomic E-state index is 0.370. The van der Waals surface area contributed by atoms with Gasteiger partial charge in [0, 0.05) is 11.6 Å². The van der Waals surface area contributed by atoms with Crippen LogP contribution < -0.4 is 15.2 Å². The maximum atomic E-state index is 13.2. The summed E-state index contributed by atoms with van der Waals surface area (Å²) in [6, 6.07) is 13.3. The van der Waals surface area contributed by atoms with E-state index in [0.29, 0.717) is 22.6 Å². The Kier molecular flexibility index (Phi) is 5.79. The van der Waals surface area contributed by atoms with Crippen LogP contribution in [0.15, 0.2) is 60.2 Å². The zero-order chi connectivity index (χ0) is 23.0. The van der Waals surface area contributed by atoms with Crippen molar-refractivity contribution in [2.75, 3.05) is 14.2 Å². The molecule has 2 aromatic carbocycles. The lowest BCUT2D eigenvalue weighted by Crippen LogP contribution is -2.40. The first-order chi connectivity index (χ1) is 14.5. The second-order valence-electron chi connectivity index (χ2n) is 7.67. The molecule has 160 valence electrons. The second kappa shape index (κ2) is 7.92. The predicted molar refractivity (Wildman–Crippen MR) is 122 cm³/mol. The zero-order valence-corrected chi connectivity index (χ0v) is 18.8. The van der Waals surface area contributed by atoms with Crippen LogP contribution in [0, 0.1) is 0 Å². The van der Waals surface area contributed by atoms with Gasteiger partial charge in [-0.15, -0.1) is 0 Å². The lowest BCUT2D eigenvalue weighted by atomic mass is 9.65. The number of rotatable bonds is 7. The van der Waals surface area contributed by atoms with Crippen molar-refractivity contribution >= 4 is 39.4 Å². The van der Waals surface area contributed by atoms with Crippen molar-refractivity contribution < 1.29 is 31.6 Å². The Hall–Kier alpha value is -3.01. The number of Topliss-reactive ketones (excluding diaryl/α,β-unsaturated/α-hetero) is 1. The minimum atomic E-state index is -4.31. The normalized spacial score (nSPS) is 19.1. The number of carbonyl (C=O) groups is 1. The molecule has 0 saturated carbocycles. The summed E-state index contributed by atoms with van der Waals surface area (Å²) in [6.07, 6.45) is 0. The van der Waals surface area contributed by atoms with Gasteiger partial charge in [0.15, 0.2) is 13.3 Å². The van der Waals surface area contributed by atoms with E-state index >= 15 is 0 Å². The van der Waals surface area contributed by atoms with Gasteiger partial charge in [0.05, 0.1) is 18.8 Å². The first-order valence-corrected chi connectivity index (χ1v) is 10.8. The monoisotopic (exact) mass is 441 g/mol. The van der Waals surface area contributed by atoms with Crippen LogP contribution in [0.5, 0.6) is 11.5 Å². The van der Waals surface area contributed by atoms with Gasteiger partial charge in [-0.05, 0) is 17.7 Å². The number of nitrogens with two attached hydrogens (primary N) is 1. The van der Waals surface area contributed by atoms with Crippen LogP contribution in [0.3, 0.4) is 0 Å². The van der Waals surface area contributed by atoms with Crippen molar-refractivity contribution in [3.8, 4) is 11.5 Å². The third kappa shape index (κ3) is 3.87. The highest BCUT2D eigenvalue weighted by molar-refractivity contribution is 7.90. The van der Waals surface area contributed by atoms with E-state index in [0.717, 1.165) is 0 Å². The summed E-state index contributed by atoms with van der Waals surface area (Å²) < 4.78 is 46.1. The van der Waals surface area contributed by atoms with E-state index in [9.17, 15) is 13.2 Å². The summed E-state index contributed by atoms with van der Waals surface area (Å²) in [5.74, 6) is -0.849. The van der Waals surface area contributed by atoms with Crippen molar-refractivity contribution in [3.63, 3.8) is 0 Å². The molecule has 0 radical (unpaired) electrons. The number of ether oxygens (including phenoxy) is 3. The van der Waals surface area contributed by atoms with E-state index in [1.54, 1.807) is 48.5 Å². The van der Waals surface area contributed by atoms with Gasteiger partial charge < -0.3 is 24.1 Å². The van der Waals surface area contributed by atoms with Crippen LogP contribution in [-0.4, -0.2) is 52.0 Å². The highest BCUT2D eigenvalue weighted by Crippen LogP contribution is 2.40. The van der Waals surface area contributed by atoms with Crippen LogP contribution in [0.1, 0.15) is 11.1 Å². The maximum absolute atomic E-state index is 13.2. The van der Waals surface area contributed by atoms with Gasteiger partial charge in [0.2, 0.25) is 17.4 Å². The van der Waals surface area contributed by atoms with Gasteiger partial charge in [0.1, 0.15) is 27.2 Å². The number of hydrogen-bond donors (Lipinski definition) is 1. The molecule has 0 spiro atoms. The number of carbonyl (C=O) groups excluding carboxylic acids is 1. The minimum Gasteiger partial charge on any atom is -0.497 e. The molecule has 12 heteroatoms. The molecule has 1 heterocycles. The highest BCUT2D eigenvalue weighted by atomic mass is 32.2. The summed E-state index contributed by atoms with van der Waals surface area (Å²) in [4.78, 5) is 13.2. The highest BCUT2D eigenvalue weighted by Gasteiger charge is 2.51. The molecule has 1 atom stereocenters. The molecule has 0 unspecified atom stereocenters. The summed E-state index contributed by atoms with van der Waals surface area (Å²) in [6.45, 7) is 0. The van der Waals surface area contributed by atoms with Crippen LogP contribution in [0.4, 0.5) is 0 Å². The van der Waals surface area contributed by atoms with E-state index in [-0.39, 0.29) is 0 Å². The second-order valence-corrected chi connectivity index (χ2v) is 9.77. The van der Waals surface area contributed by atoms with Gasteiger partial charge in [0.25, 0.3) is 0 Å². The van der Waals surface area contributed by atoms with Crippen molar-refractivity contribution in [2.45, 2.75) is 10.0 Å². The van der Waals surface area contributed by atoms with E-state index in [1.807, 2.05) is 0 Å². The Morgan fingerprint density at radius 2 is 1.58 bits per heavy atom. The zero-order valence-electron chi connectivity index (χ0n) is 18.0. The van der Waals surface area contributed by atoms with Crippen molar-refractivity contribution in [1.29, 1.82) is 0 Å². The fourth-order valence-corrected chi connectivity index (χ4v) is 4.20. The lowest BCUT2D eigenvalue weighted by Gasteiger charge is -2.26. The number of hydrogen-bond acceptors (Lipinski definition) is 8. The molecule has 1 aliphatic heterocycles. The van der Waals surface area contributed by atoms with Gasteiger partial charge in [-0.25, -0.2) is 0 Å². The number of ketones is 1. The Bertz CT molecular complexity index is 1130. The summed E-state index contributed by atoms with van der Waals surface area (Å²) in [5.41, 5.74) is 5.15. The predicted octanol–water partition coefficient (Wildman–Crippen LogP) is -1.36. The standard InChI is InChI=1S/C19H22B3NO7S/c1-27-13-8-12(9-14(10-13)28-2)18(20)16(24)15(17(23)29-18)30-31(25,26)19(21,22)11-6-4-3-5-7-11/h3-10H,20-23H2,1-2H3/t18-/m1/s1. The average Bonchev–Trinajstić information content (AvgIpc) is 2.97. The quantitative estimate of drug-likeness (QED) is 0.415. The molecular weight excluding hydrogens is 419 g/mol. The Balaban J connectivity index is 1.96. The Labute approximate surface area is 184 Å². The van der Waals surface area contributed by atoms with Gasteiger partial charge in [-0.2, -0.15) is 8.42 Å². The van der Waals surface area contributed by atoms with Gasteiger partial charge in [-0.1, -0.05) is 30.3 Å². The topological polar surface area (TPSA) is 114 Å². The molecule has 31 heavy (non-hydrogen) atoms. The molecule has 0 amide bonds. The SMILES string of the molecule is BC(B)(c1ccccc1)S(=O)(=O)OC1=C(N)O[C@](B)(c2cc(OC)cc(OC)c2)C1=O. The molecule has 0 fully saturated rings. The van der Waals surface area contributed by atoms with Crippen LogP contribution in [-0.2, 0) is 33.9 Å². The summed E-state index contributed by atoms with van der Waals surface area (Å²) >= 11 is 0. The first-order valence-electron chi connectivity index (χ1n) is 9.43. The molecule has 0 aliphatic carbocycles. The molecule has 0 saturated heterocycles. The van der Waals surface area contributed by atoms with Crippen molar-refractivity contribution in [2.24, 2.45) is 5.73 Å². The molecule has 2 aromatic rings. The largest absolute Gasteiger partial charge is 0.497 e. The Morgan fingerprint density at radius 3 is 2.10 bits per heavy atom. The Morgan fingerprint density at radius 1 is 1.03 bits per heavy atom. The van der Waals surface area contributed by atoms with Gasteiger partial charge >= 0.3 is 10.1 Å². The first kappa shape index (κ1) is 22.7. The van der Waals surface area contributed by atoms with Crippen molar-refractivity contribution in [3.05, 3.63) is 71.3 Å². The maximum Gasteiger partial charge on any atom is 0.304 e. The van der Waals surface area contributed by atoms with Crippen molar-refractivity contribution in [1.82, 2.24) is 0 Å². The molecule has 3 rings (SSSR count). The lowest BCUT2D eigenvalue weighted by molar-refractivity contribution is -0.126. The van der Waals surface area contributed by atoms with Crippen LogP contribution in [0.2, 0.25) is 0 Å². The summed E-state index contributed by atoms with van der Waals surface area (Å²) in [7, 11) is 3.08. The molecule has 1 aliphatic rings. The smallest absolute Gasteiger partial charge is 0.304 e. The molecular formula is C19H22B3NO7S. The van der Waals surface area contributed by atoms with E-state index in [2.05, 4.69) is 0 Å². The summed E-state index contributed by atoms with van der Waals surface area (Å²) in [5, 5.41) is 0. The van der Waals surface area contributed by atoms with E-state index in [4.69, 9.17) is 24.1 Å². The number of methoxy groups -OCH3 is 2. The average molecular weight is 441 g/mol.